The van der Waals surface area contributed by atoms with E-state index in [2.05, 4.69) is 24.5 Å². The van der Waals surface area contributed by atoms with Gasteiger partial charge in [0.2, 0.25) is 5.91 Å². The van der Waals surface area contributed by atoms with Crippen LogP contribution in [0.2, 0.25) is 0 Å². The molecule has 2 N–H and O–H groups in total. The third kappa shape index (κ3) is 5.21. The molecule has 1 saturated heterocycles. The number of amides is 1. The highest BCUT2D eigenvalue weighted by molar-refractivity contribution is 7.99. The fourth-order valence-corrected chi connectivity index (χ4v) is 3.31. The lowest BCUT2D eigenvalue weighted by Gasteiger charge is -2.35. The molecule has 4 heteroatoms. The fraction of sp³-hybridized carbons (Fsp3) is 0.917. The SMILES string of the molecule is CC(C)NC(=O)CNC1CSCC(C)(C)C1. The average Bonchev–Trinajstić information content (AvgIpc) is 2.12. The highest BCUT2D eigenvalue weighted by atomic mass is 32.2. The number of hydrogen-bond donors (Lipinski definition) is 2. The second-order valence-electron chi connectivity index (χ2n) is 5.68. The van der Waals surface area contributed by atoms with Gasteiger partial charge in [-0.3, -0.25) is 4.79 Å². The molecule has 1 amide bonds. The lowest BCUT2D eigenvalue weighted by Crippen LogP contribution is -2.45. The summed E-state index contributed by atoms with van der Waals surface area (Å²) in [5.41, 5.74) is 0.398. The average molecular weight is 244 g/mol. The summed E-state index contributed by atoms with van der Waals surface area (Å²) in [7, 11) is 0. The molecule has 0 aromatic heterocycles. The first-order valence-electron chi connectivity index (χ1n) is 5.99. The van der Waals surface area contributed by atoms with Crippen molar-refractivity contribution in [3.05, 3.63) is 0 Å². The molecule has 94 valence electrons. The van der Waals surface area contributed by atoms with E-state index in [9.17, 15) is 4.79 Å². The number of rotatable bonds is 4. The zero-order chi connectivity index (χ0) is 12.2. The van der Waals surface area contributed by atoms with Crippen molar-refractivity contribution in [2.75, 3.05) is 18.1 Å². The van der Waals surface area contributed by atoms with Crippen LogP contribution in [0.5, 0.6) is 0 Å². The molecule has 0 radical (unpaired) electrons. The summed E-state index contributed by atoms with van der Waals surface area (Å²) in [6.45, 7) is 9.00. The van der Waals surface area contributed by atoms with E-state index >= 15 is 0 Å². The molecule has 16 heavy (non-hydrogen) atoms. The third-order valence-electron chi connectivity index (χ3n) is 2.61. The van der Waals surface area contributed by atoms with Crippen molar-refractivity contribution in [3.63, 3.8) is 0 Å². The smallest absolute Gasteiger partial charge is 0.234 e. The molecule has 0 saturated carbocycles. The zero-order valence-electron chi connectivity index (χ0n) is 10.8. The molecule has 1 unspecified atom stereocenters. The monoisotopic (exact) mass is 244 g/mol. The first-order valence-corrected chi connectivity index (χ1v) is 7.15. The second kappa shape index (κ2) is 5.92. The summed E-state index contributed by atoms with van der Waals surface area (Å²) in [6, 6.07) is 0.707. The van der Waals surface area contributed by atoms with E-state index in [0.29, 0.717) is 18.0 Å². The van der Waals surface area contributed by atoms with Gasteiger partial charge in [0.15, 0.2) is 0 Å². The van der Waals surface area contributed by atoms with Crippen LogP contribution in [0.15, 0.2) is 0 Å². The summed E-state index contributed by atoms with van der Waals surface area (Å²) < 4.78 is 0. The molecule has 0 bridgehead atoms. The Hall–Kier alpha value is -0.220. The maximum absolute atomic E-state index is 11.5. The van der Waals surface area contributed by atoms with E-state index in [0.717, 1.165) is 12.2 Å². The molecule has 1 fully saturated rings. The van der Waals surface area contributed by atoms with Crippen LogP contribution in [0, 0.1) is 5.41 Å². The van der Waals surface area contributed by atoms with Gasteiger partial charge in [-0.15, -0.1) is 0 Å². The van der Waals surface area contributed by atoms with Crippen LogP contribution in [0.25, 0.3) is 0 Å². The molecule has 0 aliphatic carbocycles. The molecule has 0 spiro atoms. The second-order valence-corrected chi connectivity index (χ2v) is 6.71. The van der Waals surface area contributed by atoms with Crippen LogP contribution in [-0.2, 0) is 4.79 Å². The van der Waals surface area contributed by atoms with E-state index in [-0.39, 0.29) is 11.9 Å². The molecule has 1 heterocycles. The van der Waals surface area contributed by atoms with Crippen molar-refractivity contribution >= 4 is 17.7 Å². The molecule has 0 aromatic carbocycles. The minimum Gasteiger partial charge on any atom is -0.353 e. The van der Waals surface area contributed by atoms with Gasteiger partial charge >= 0.3 is 0 Å². The van der Waals surface area contributed by atoms with Crippen LogP contribution in [0.4, 0.5) is 0 Å². The summed E-state index contributed by atoms with van der Waals surface area (Å²) in [4.78, 5) is 11.5. The van der Waals surface area contributed by atoms with Crippen molar-refractivity contribution in [2.45, 2.75) is 46.2 Å². The minimum absolute atomic E-state index is 0.100. The van der Waals surface area contributed by atoms with Crippen LogP contribution < -0.4 is 10.6 Å². The number of thioether (sulfide) groups is 1. The molecule has 1 aliphatic rings. The summed E-state index contributed by atoms with van der Waals surface area (Å²) >= 11 is 1.98. The van der Waals surface area contributed by atoms with Gasteiger partial charge in [0.05, 0.1) is 6.54 Å². The standard InChI is InChI=1S/C12H24N2OS/c1-9(2)14-11(15)6-13-10-5-12(3,4)8-16-7-10/h9-10,13H,5-8H2,1-4H3,(H,14,15). The van der Waals surface area contributed by atoms with Crippen molar-refractivity contribution in [2.24, 2.45) is 5.41 Å². The highest BCUT2D eigenvalue weighted by Gasteiger charge is 2.28. The normalized spacial score (nSPS) is 24.4. The van der Waals surface area contributed by atoms with Gasteiger partial charge in [-0.1, -0.05) is 13.8 Å². The van der Waals surface area contributed by atoms with Gasteiger partial charge in [0.25, 0.3) is 0 Å². The van der Waals surface area contributed by atoms with E-state index < -0.39 is 0 Å². The Morgan fingerprint density at radius 2 is 2.19 bits per heavy atom. The molecular weight excluding hydrogens is 220 g/mol. The molecule has 0 aromatic rings. The van der Waals surface area contributed by atoms with Crippen LogP contribution in [0.1, 0.15) is 34.1 Å². The van der Waals surface area contributed by atoms with Gasteiger partial charge in [-0.25, -0.2) is 0 Å². The Morgan fingerprint density at radius 1 is 1.50 bits per heavy atom. The largest absolute Gasteiger partial charge is 0.353 e. The lowest BCUT2D eigenvalue weighted by atomic mass is 9.88. The Kier molecular flexibility index (Phi) is 5.12. The van der Waals surface area contributed by atoms with Crippen molar-refractivity contribution in [1.29, 1.82) is 0 Å². The van der Waals surface area contributed by atoms with Gasteiger partial charge in [0.1, 0.15) is 0 Å². The molecular formula is C12H24N2OS. The summed E-state index contributed by atoms with van der Waals surface area (Å²) in [5, 5.41) is 6.24. The molecule has 1 rings (SSSR count). The number of hydrogen-bond acceptors (Lipinski definition) is 3. The van der Waals surface area contributed by atoms with Crippen molar-refractivity contribution < 1.29 is 4.79 Å². The first kappa shape index (κ1) is 13.8. The van der Waals surface area contributed by atoms with Crippen LogP contribution in [-0.4, -0.2) is 36.0 Å². The Bertz CT molecular complexity index is 241. The van der Waals surface area contributed by atoms with Crippen molar-refractivity contribution in [1.82, 2.24) is 10.6 Å². The Morgan fingerprint density at radius 3 is 2.75 bits per heavy atom. The fourth-order valence-electron chi connectivity index (χ4n) is 2.00. The predicted octanol–water partition coefficient (Wildman–Crippen LogP) is 1.63. The van der Waals surface area contributed by atoms with Gasteiger partial charge in [-0.2, -0.15) is 11.8 Å². The zero-order valence-corrected chi connectivity index (χ0v) is 11.6. The third-order valence-corrected chi connectivity index (χ3v) is 4.24. The Labute approximate surface area is 103 Å². The van der Waals surface area contributed by atoms with E-state index in [1.54, 1.807) is 0 Å². The van der Waals surface area contributed by atoms with E-state index in [1.807, 2.05) is 25.6 Å². The van der Waals surface area contributed by atoms with Gasteiger partial charge in [0, 0.05) is 17.8 Å². The molecule has 3 nitrogen and oxygen atoms in total. The lowest BCUT2D eigenvalue weighted by molar-refractivity contribution is -0.120. The van der Waals surface area contributed by atoms with Crippen LogP contribution >= 0.6 is 11.8 Å². The highest BCUT2D eigenvalue weighted by Crippen LogP contribution is 2.33. The predicted molar refractivity (Wildman–Crippen MR) is 70.8 cm³/mol. The van der Waals surface area contributed by atoms with Crippen molar-refractivity contribution in [3.8, 4) is 0 Å². The quantitative estimate of drug-likeness (QED) is 0.790. The van der Waals surface area contributed by atoms with E-state index in [4.69, 9.17) is 0 Å². The topological polar surface area (TPSA) is 41.1 Å². The number of carbonyl (C=O) groups is 1. The first-order chi connectivity index (χ1) is 7.39. The molecule has 1 atom stereocenters. The van der Waals surface area contributed by atoms with E-state index in [1.165, 1.54) is 5.75 Å². The number of carbonyl (C=O) groups excluding carboxylic acids is 1. The Balaban J connectivity index is 2.24. The minimum atomic E-state index is 0.100. The maximum Gasteiger partial charge on any atom is 0.234 e. The molecule has 1 aliphatic heterocycles. The van der Waals surface area contributed by atoms with Crippen LogP contribution in [0.3, 0.4) is 0 Å². The maximum atomic E-state index is 11.5. The number of nitrogens with one attached hydrogen (secondary N) is 2. The van der Waals surface area contributed by atoms with Gasteiger partial charge < -0.3 is 10.6 Å². The van der Waals surface area contributed by atoms with Gasteiger partial charge in [-0.05, 0) is 31.4 Å². The summed E-state index contributed by atoms with van der Waals surface area (Å²) in [5.74, 6) is 2.45. The summed E-state index contributed by atoms with van der Waals surface area (Å²) in [6.07, 6.45) is 1.16.